The Kier molecular flexibility index (Phi) is 4.67. The Labute approximate surface area is 113 Å². The van der Waals surface area contributed by atoms with E-state index in [0.717, 1.165) is 11.3 Å². The van der Waals surface area contributed by atoms with Gasteiger partial charge in [-0.15, -0.1) is 11.8 Å². The molecule has 1 aliphatic heterocycles. The lowest BCUT2D eigenvalue weighted by molar-refractivity contribution is -0.272. The molecule has 1 aromatic carbocycles. The highest BCUT2D eigenvalue weighted by molar-refractivity contribution is 7.99. The second-order valence-electron chi connectivity index (χ2n) is 4.51. The Bertz CT molecular complexity index is 372. The van der Waals surface area contributed by atoms with Crippen molar-refractivity contribution in [3.63, 3.8) is 0 Å². The molecule has 3 nitrogen and oxygen atoms in total. The lowest BCUT2D eigenvalue weighted by Crippen LogP contribution is -2.47. The van der Waals surface area contributed by atoms with Gasteiger partial charge in [0.05, 0.1) is 19.3 Å². The first-order valence-electron chi connectivity index (χ1n) is 6.36. The number of thioether (sulfide) groups is 1. The molecular formula is C14H21NO2S. The summed E-state index contributed by atoms with van der Waals surface area (Å²) in [6.45, 7) is 5.50. The van der Waals surface area contributed by atoms with Crippen molar-refractivity contribution in [2.75, 3.05) is 26.0 Å². The zero-order valence-electron chi connectivity index (χ0n) is 11.2. The van der Waals surface area contributed by atoms with E-state index in [9.17, 15) is 0 Å². The molecule has 0 amide bonds. The molecule has 2 rings (SSSR count). The number of hydrogen-bond acceptors (Lipinski definition) is 4. The lowest BCUT2D eigenvalue weighted by Gasteiger charge is -2.37. The quantitative estimate of drug-likeness (QED) is 0.850. The van der Waals surface area contributed by atoms with Crippen LogP contribution in [0, 0.1) is 0 Å². The van der Waals surface area contributed by atoms with Gasteiger partial charge in [0.2, 0.25) is 0 Å². The SMILES string of the molecule is CCSc1ccc(C2(C)OCC(NC)CO2)cc1. The Balaban J connectivity index is 2.06. The summed E-state index contributed by atoms with van der Waals surface area (Å²) in [6.07, 6.45) is 0. The monoisotopic (exact) mass is 267 g/mol. The molecular weight excluding hydrogens is 246 g/mol. The number of benzene rings is 1. The molecule has 0 saturated carbocycles. The van der Waals surface area contributed by atoms with Gasteiger partial charge in [-0.1, -0.05) is 19.1 Å². The van der Waals surface area contributed by atoms with Crippen LogP contribution in [0.5, 0.6) is 0 Å². The van der Waals surface area contributed by atoms with Crippen molar-refractivity contribution in [2.24, 2.45) is 0 Å². The third-order valence-corrected chi connectivity index (χ3v) is 4.11. The normalized spacial score (nSPS) is 28.3. The van der Waals surface area contributed by atoms with E-state index in [-0.39, 0.29) is 6.04 Å². The van der Waals surface area contributed by atoms with Crippen molar-refractivity contribution in [2.45, 2.75) is 30.6 Å². The topological polar surface area (TPSA) is 30.5 Å². The van der Waals surface area contributed by atoms with E-state index in [2.05, 4.69) is 36.5 Å². The van der Waals surface area contributed by atoms with Crippen molar-refractivity contribution in [1.82, 2.24) is 5.32 Å². The first kappa shape index (κ1) is 13.9. The average Bonchev–Trinajstić information content (AvgIpc) is 2.41. The minimum absolute atomic E-state index is 0.285. The van der Waals surface area contributed by atoms with Crippen LogP contribution in [0.1, 0.15) is 19.4 Å². The van der Waals surface area contributed by atoms with Crippen LogP contribution in [0.2, 0.25) is 0 Å². The van der Waals surface area contributed by atoms with Gasteiger partial charge in [-0.05, 0) is 31.9 Å². The second kappa shape index (κ2) is 6.06. The molecule has 1 N–H and O–H groups in total. The minimum atomic E-state index is -0.608. The fraction of sp³-hybridized carbons (Fsp3) is 0.571. The standard InChI is InChI=1S/C14H21NO2S/c1-4-18-13-7-5-11(6-8-13)14(2)16-9-12(15-3)10-17-14/h5-8,12,15H,4,9-10H2,1-3H3. The average molecular weight is 267 g/mol. The van der Waals surface area contributed by atoms with Crippen LogP contribution in [-0.2, 0) is 15.3 Å². The molecule has 1 saturated heterocycles. The summed E-state index contributed by atoms with van der Waals surface area (Å²) in [5.74, 6) is 0.482. The van der Waals surface area contributed by atoms with Gasteiger partial charge in [-0.3, -0.25) is 0 Å². The maximum Gasteiger partial charge on any atom is 0.192 e. The van der Waals surface area contributed by atoms with Gasteiger partial charge in [-0.25, -0.2) is 0 Å². The molecule has 100 valence electrons. The minimum Gasteiger partial charge on any atom is -0.344 e. The predicted octanol–water partition coefficient (Wildman–Crippen LogP) is 2.61. The Morgan fingerprint density at radius 3 is 2.39 bits per heavy atom. The van der Waals surface area contributed by atoms with E-state index in [0.29, 0.717) is 13.2 Å². The summed E-state index contributed by atoms with van der Waals surface area (Å²) in [7, 11) is 1.93. The molecule has 1 heterocycles. The number of nitrogens with one attached hydrogen (secondary N) is 1. The fourth-order valence-corrected chi connectivity index (χ4v) is 2.62. The number of ether oxygens (including phenoxy) is 2. The predicted molar refractivity (Wildman–Crippen MR) is 74.9 cm³/mol. The van der Waals surface area contributed by atoms with Crippen molar-refractivity contribution in [1.29, 1.82) is 0 Å². The van der Waals surface area contributed by atoms with Crippen LogP contribution in [0.15, 0.2) is 29.2 Å². The summed E-state index contributed by atoms with van der Waals surface area (Å²) in [4.78, 5) is 1.29. The largest absolute Gasteiger partial charge is 0.344 e. The third-order valence-electron chi connectivity index (χ3n) is 3.22. The van der Waals surface area contributed by atoms with E-state index in [1.54, 1.807) is 0 Å². The number of likely N-dealkylation sites (N-methyl/N-ethyl adjacent to an activating group) is 1. The summed E-state index contributed by atoms with van der Waals surface area (Å²) in [6, 6.07) is 8.74. The summed E-state index contributed by atoms with van der Waals surface area (Å²) < 4.78 is 11.7. The van der Waals surface area contributed by atoms with Crippen molar-refractivity contribution in [3.05, 3.63) is 29.8 Å². The molecule has 0 aromatic heterocycles. The van der Waals surface area contributed by atoms with E-state index < -0.39 is 5.79 Å². The molecule has 0 atom stereocenters. The number of hydrogen-bond donors (Lipinski definition) is 1. The van der Waals surface area contributed by atoms with Crippen molar-refractivity contribution < 1.29 is 9.47 Å². The zero-order valence-corrected chi connectivity index (χ0v) is 12.0. The van der Waals surface area contributed by atoms with E-state index >= 15 is 0 Å². The maximum atomic E-state index is 5.86. The molecule has 0 aliphatic carbocycles. The molecule has 0 spiro atoms. The van der Waals surface area contributed by atoms with Gasteiger partial charge < -0.3 is 14.8 Å². The van der Waals surface area contributed by atoms with E-state index in [1.807, 2.05) is 25.7 Å². The first-order valence-corrected chi connectivity index (χ1v) is 7.35. The van der Waals surface area contributed by atoms with Crippen LogP contribution in [-0.4, -0.2) is 32.1 Å². The van der Waals surface area contributed by atoms with E-state index in [4.69, 9.17) is 9.47 Å². The van der Waals surface area contributed by atoms with Crippen LogP contribution < -0.4 is 5.32 Å². The highest BCUT2D eigenvalue weighted by atomic mass is 32.2. The van der Waals surface area contributed by atoms with Gasteiger partial charge in [0.1, 0.15) is 0 Å². The van der Waals surface area contributed by atoms with Gasteiger partial charge >= 0.3 is 0 Å². The second-order valence-corrected chi connectivity index (χ2v) is 5.85. The molecule has 4 heteroatoms. The molecule has 0 radical (unpaired) electrons. The van der Waals surface area contributed by atoms with Gasteiger partial charge in [0.25, 0.3) is 0 Å². The van der Waals surface area contributed by atoms with Gasteiger partial charge in [0, 0.05) is 10.5 Å². The summed E-state index contributed by atoms with van der Waals surface area (Å²) >= 11 is 1.84. The maximum absolute atomic E-state index is 5.86. The molecule has 1 aliphatic rings. The molecule has 1 aromatic rings. The molecule has 1 fully saturated rings. The van der Waals surface area contributed by atoms with Gasteiger partial charge in [0.15, 0.2) is 5.79 Å². The number of rotatable bonds is 4. The van der Waals surface area contributed by atoms with Crippen LogP contribution in [0.3, 0.4) is 0 Å². The Morgan fingerprint density at radius 2 is 1.89 bits per heavy atom. The highest BCUT2D eigenvalue weighted by Crippen LogP contribution is 2.31. The molecule has 18 heavy (non-hydrogen) atoms. The fourth-order valence-electron chi connectivity index (χ4n) is 1.96. The highest BCUT2D eigenvalue weighted by Gasteiger charge is 2.34. The first-order chi connectivity index (χ1) is 8.68. The van der Waals surface area contributed by atoms with Crippen LogP contribution in [0.4, 0.5) is 0 Å². The zero-order chi connectivity index (χ0) is 13.0. The van der Waals surface area contributed by atoms with Gasteiger partial charge in [-0.2, -0.15) is 0 Å². The van der Waals surface area contributed by atoms with Crippen molar-refractivity contribution in [3.8, 4) is 0 Å². The van der Waals surface area contributed by atoms with Crippen molar-refractivity contribution >= 4 is 11.8 Å². The third kappa shape index (κ3) is 3.06. The summed E-state index contributed by atoms with van der Waals surface area (Å²) in [5.41, 5.74) is 1.08. The Hall–Kier alpha value is -0.550. The van der Waals surface area contributed by atoms with E-state index in [1.165, 1.54) is 4.90 Å². The Morgan fingerprint density at radius 1 is 1.28 bits per heavy atom. The smallest absolute Gasteiger partial charge is 0.192 e. The lowest BCUT2D eigenvalue weighted by atomic mass is 10.1. The molecule has 0 bridgehead atoms. The summed E-state index contributed by atoms with van der Waals surface area (Å²) in [5, 5.41) is 3.17. The molecule has 0 unspecified atom stereocenters. The van der Waals surface area contributed by atoms with Crippen LogP contribution in [0.25, 0.3) is 0 Å². The van der Waals surface area contributed by atoms with Crippen LogP contribution >= 0.6 is 11.8 Å².